The van der Waals surface area contributed by atoms with Gasteiger partial charge in [0.2, 0.25) is 6.41 Å². The lowest BCUT2D eigenvalue weighted by molar-refractivity contribution is 0.0221. The smallest absolute Gasteiger partial charge is 0.410 e. The average molecular weight is 266 g/mol. The molecule has 0 aliphatic carbocycles. The number of fused-ring (bicyclic) bond motifs is 1. The first-order valence-electron chi connectivity index (χ1n) is 6.11. The van der Waals surface area contributed by atoms with Gasteiger partial charge in [0.15, 0.2) is 0 Å². The maximum atomic E-state index is 12.0. The van der Waals surface area contributed by atoms with Crippen LogP contribution in [0.25, 0.3) is 0 Å². The molecule has 1 aliphatic heterocycles. The molecule has 0 saturated carbocycles. The van der Waals surface area contributed by atoms with Gasteiger partial charge in [0.1, 0.15) is 11.4 Å². The molecule has 7 nitrogen and oxygen atoms in total. The van der Waals surface area contributed by atoms with Gasteiger partial charge in [-0.3, -0.25) is 4.79 Å². The number of carbonyl (C=O) groups is 2. The number of anilines is 1. The van der Waals surface area contributed by atoms with Gasteiger partial charge in [-0.2, -0.15) is 9.78 Å². The van der Waals surface area contributed by atoms with Gasteiger partial charge in [0.05, 0.1) is 12.2 Å². The van der Waals surface area contributed by atoms with E-state index in [1.165, 1.54) is 0 Å². The molecule has 0 aromatic carbocycles. The summed E-state index contributed by atoms with van der Waals surface area (Å²) in [6, 6.07) is 0. The predicted molar refractivity (Wildman–Crippen MR) is 69.1 cm³/mol. The number of rotatable bonds is 1. The Kier molecular flexibility index (Phi) is 3.21. The third kappa shape index (κ3) is 2.69. The van der Waals surface area contributed by atoms with E-state index in [1.807, 2.05) is 20.8 Å². The summed E-state index contributed by atoms with van der Waals surface area (Å²) in [6.07, 6.45) is 0.761. The van der Waals surface area contributed by atoms with Gasteiger partial charge >= 0.3 is 6.09 Å². The van der Waals surface area contributed by atoms with E-state index in [-0.39, 0.29) is 6.09 Å². The summed E-state index contributed by atoms with van der Waals surface area (Å²) < 4.78 is 6.41. The molecular formula is C12H18N4O3. The zero-order valence-corrected chi connectivity index (χ0v) is 11.3. The van der Waals surface area contributed by atoms with Crippen LogP contribution in [0.3, 0.4) is 0 Å². The van der Waals surface area contributed by atoms with E-state index >= 15 is 0 Å². The molecule has 2 rings (SSSR count). The molecule has 0 unspecified atom stereocenters. The third-order valence-corrected chi connectivity index (χ3v) is 2.86. The molecule has 0 atom stereocenters. The minimum Gasteiger partial charge on any atom is -0.444 e. The molecule has 0 radical (unpaired) electrons. The quantitative estimate of drug-likeness (QED) is 0.759. The van der Waals surface area contributed by atoms with Crippen molar-refractivity contribution in [1.82, 2.24) is 14.7 Å². The molecule has 2 heterocycles. The number of nitrogen functional groups attached to an aromatic ring is 1. The lowest BCUT2D eigenvalue weighted by atomic mass is 10.1. The molecular weight excluding hydrogens is 248 g/mol. The normalized spacial score (nSPS) is 15.0. The molecule has 1 aliphatic rings. The maximum absolute atomic E-state index is 12.0. The van der Waals surface area contributed by atoms with Gasteiger partial charge in [-0.15, -0.1) is 0 Å². The second-order valence-electron chi connectivity index (χ2n) is 5.51. The predicted octanol–water partition coefficient (Wildman–Crippen LogP) is 0.797. The van der Waals surface area contributed by atoms with Crippen LogP contribution in [0, 0.1) is 0 Å². The van der Waals surface area contributed by atoms with E-state index in [0.717, 1.165) is 10.2 Å². The summed E-state index contributed by atoms with van der Waals surface area (Å²) in [4.78, 5) is 24.3. The van der Waals surface area contributed by atoms with E-state index in [2.05, 4.69) is 5.10 Å². The van der Waals surface area contributed by atoms with Crippen LogP contribution in [0.1, 0.15) is 32.0 Å². The molecule has 7 heteroatoms. The Hall–Kier alpha value is -2.05. The number of ether oxygens (including phenoxy) is 1. The van der Waals surface area contributed by atoms with Crippen LogP contribution in [0.5, 0.6) is 0 Å². The monoisotopic (exact) mass is 266 g/mol. The van der Waals surface area contributed by atoms with Crippen LogP contribution in [-0.4, -0.2) is 39.3 Å². The van der Waals surface area contributed by atoms with Crippen LogP contribution >= 0.6 is 0 Å². The molecule has 1 amide bonds. The highest BCUT2D eigenvalue weighted by atomic mass is 16.6. The second-order valence-corrected chi connectivity index (χ2v) is 5.51. The first kappa shape index (κ1) is 13.4. The Morgan fingerprint density at radius 3 is 2.74 bits per heavy atom. The van der Waals surface area contributed by atoms with Crippen molar-refractivity contribution in [2.24, 2.45) is 0 Å². The van der Waals surface area contributed by atoms with Crippen LogP contribution < -0.4 is 5.73 Å². The lowest BCUT2D eigenvalue weighted by Crippen LogP contribution is -2.39. The largest absolute Gasteiger partial charge is 0.444 e. The van der Waals surface area contributed by atoms with Crippen molar-refractivity contribution >= 4 is 18.3 Å². The summed E-state index contributed by atoms with van der Waals surface area (Å²) in [5.74, 6) is 0.355. The summed E-state index contributed by atoms with van der Waals surface area (Å²) in [5.41, 5.74) is 6.76. The van der Waals surface area contributed by atoms with Gasteiger partial charge in [-0.25, -0.2) is 4.79 Å². The lowest BCUT2D eigenvalue weighted by Gasteiger charge is -2.29. The Balaban J connectivity index is 2.14. The van der Waals surface area contributed by atoms with Gasteiger partial charge < -0.3 is 15.4 Å². The van der Waals surface area contributed by atoms with Gasteiger partial charge in [0, 0.05) is 12.1 Å². The number of hydrogen-bond acceptors (Lipinski definition) is 5. The minimum atomic E-state index is -0.529. The molecule has 0 spiro atoms. The fraction of sp³-hybridized carbons (Fsp3) is 0.583. The van der Waals surface area contributed by atoms with Gasteiger partial charge in [0.25, 0.3) is 0 Å². The molecule has 0 bridgehead atoms. The third-order valence-electron chi connectivity index (χ3n) is 2.86. The van der Waals surface area contributed by atoms with E-state index < -0.39 is 5.60 Å². The first-order chi connectivity index (χ1) is 8.81. The van der Waals surface area contributed by atoms with Crippen molar-refractivity contribution < 1.29 is 14.3 Å². The highest BCUT2D eigenvalue weighted by Gasteiger charge is 2.29. The van der Waals surface area contributed by atoms with E-state index in [0.29, 0.717) is 37.4 Å². The molecule has 19 heavy (non-hydrogen) atoms. The fourth-order valence-electron chi connectivity index (χ4n) is 2.00. The fourth-order valence-corrected chi connectivity index (χ4v) is 2.00. The number of aromatic nitrogens is 2. The number of amides is 1. The number of hydrogen-bond donors (Lipinski definition) is 1. The SMILES string of the molecule is CC(C)(C)OC(=O)N1CCc2c(nn(C=O)c2N)C1. The van der Waals surface area contributed by atoms with Gasteiger partial charge in [-0.05, 0) is 27.2 Å². The number of carbonyl (C=O) groups excluding carboxylic acids is 2. The molecule has 2 N–H and O–H groups in total. The Bertz CT molecular complexity index is 516. The second kappa shape index (κ2) is 4.56. The summed E-state index contributed by atoms with van der Waals surface area (Å²) >= 11 is 0. The van der Waals surface area contributed by atoms with Crippen molar-refractivity contribution in [3.63, 3.8) is 0 Å². The summed E-state index contributed by atoms with van der Waals surface area (Å²) in [5, 5.41) is 4.07. The molecule has 1 aromatic heterocycles. The van der Waals surface area contributed by atoms with Crippen molar-refractivity contribution in [1.29, 1.82) is 0 Å². The van der Waals surface area contributed by atoms with E-state index in [1.54, 1.807) is 4.90 Å². The molecule has 0 fully saturated rings. The van der Waals surface area contributed by atoms with Crippen LogP contribution in [-0.2, 0) is 22.5 Å². The standard InChI is InChI=1S/C12H18N4O3/c1-12(2,3)19-11(18)15-5-4-8-9(6-15)14-16(7-17)10(8)13/h7H,4-6,13H2,1-3H3. The Labute approximate surface area is 111 Å². The van der Waals surface area contributed by atoms with Crippen molar-refractivity contribution in [3.8, 4) is 0 Å². The van der Waals surface area contributed by atoms with Crippen molar-refractivity contribution in [2.75, 3.05) is 12.3 Å². The van der Waals surface area contributed by atoms with E-state index in [4.69, 9.17) is 10.5 Å². The van der Waals surface area contributed by atoms with Crippen LogP contribution in [0.2, 0.25) is 0 Å². The highest BCUT2D eigenvalue weighted by Crippen LogP contribution is 2.24. The zero-order valence-electron chi connectivity index (χ0n) is 11.3. The van der Waals surface area contributed by atoms with Crippen molar-refractivity contribution in [2.45, 2.75) is 39.3 Å². The molecule has 1 aromatic rings. The van der Waals surface area contributed by atoms with E-state index in [9.17, 15) is 9.59 Å². The number of nitrogens with two attached hydrogens (primary N) is 1. The summed E-state index contributed by atoms with van der Waals surface area (Å²) in [7, 11) is 0. The van der Waals surface area contributed by atoms with Crippen molar-refractivity contribution in [3.05, 3.63) is 11.3 Å². The number of nitrogens with zero attached hydrogens (tertiary/aromatic N) is 3. The Morgan fingerprint density at radius 1 is 1.47 bits per heavy atom. The van der Waals surface area contributed by atoms with Gasteiger partial charge in [-0.1, -0.05) is 0 Å². The van der Waals surface area contributed by atoms with Crippen LogP contribution in [0.15, 0.2) is 0 Å². The molecule has 0 saturated heterocycles. The average Bonchev–Trinajstić information content (AvgIpc) is 2.63. The Morgan fingerprint density at radius 2 is 2.16 bits per heavy atom. The zero-order chi connectivity index (χ0) is 14.2. The first-order valence-corrected chi connectivity index (χ1v) is 6.11. The van der Waals surface area contributed by atoms with Crippen LogP contribution in [0.4, 0.5) is 10.6 Å². The topological polar surface area (TPSA) is 90.5 Å². The highest BCUT2D eigenvalue weighted by molar-refractivity contribution is 5.69. The minimum absolute atomic E-state index is 0.315. The maximum Gasteiger partial charge on any atom is 0.410 e. The molecule has 104 valence electrons. The summed E-state index contributed by atoms with van der Waals surface area (Å²) in [6.45, 7) is 6.28.